The van der Waals surface area contributed by atoms with Gasteiger partial charge in [0.1, 0.15) is 0 Å². The van der Waals surface area contributed by atoms with Gasteiger partial charge in [0.05, 0.1) is 11.3 Å². The van der Waals surface area contributed by atoms with Gasteiger partial charge < -0.3 is 15.7 Å². The second-order valence-electron chi connectivity index (χ2n) is 4.59. The smallest absolute Gasteiger partial charge is 0.337 e. The maximum atomic E-state index is 11.1. The molecule has 2 rings (SSSR count). The zero-order chi connectivity index (χ0) is 13.3. The van der Waals surface area contributed by atoms with Crippen molar-refractivity contribution in [3.8, 4) is 0 Å². The van der Waals surface area contributed by atoms with Crippen LogP contribution in [0.25, 0.3) is 0 Å². The highest BCUT2D eigenvalue weighted by molar-refractivity contribution is 9.10. The van der Waals surface area contributed by atoms with Gasteiger partial charge in [-0.25, -0.2) is 4.79 Å². The molecule has 98 valence electrons. The third-order valence-corrected chi connectivity index (χ3v) is 4.14. The third-order valence-electron chi connectivity index (χ3n) is 3.51. The minimum Gasteiger partial charge on any atom is -0.478 e. The number of aromatic carboxylic acids is 1. The first kappa shape index (κ1) is 13.2. The minimum absolute atomic E-state index is 0.176. The van der Waals surface area contributed by atoms with Crippen LogP contribution < -0.4 is 10.6 Å². The molecular weight excluding hydrogens is 296 g/mol. The molecule has 0 amide bonds. The molecule has 0 saturated carbocycles. The normalized spacial score (nSPS) is 19.2. The van der Waals surface area contributed by atoms with Gasteiger partial charge in [0, 0.05) is 22.7 Å². The van der Waals surface area contributed by atoms with E-state index in [9.17, 15) is 4.79 Å². The quantitative estimate of drug-likeness (QED) is 0.842. The Morgan fingerprint density at radius 3 is 2.94 bits per heavy atom. The number of anilines is 2. The fourth-order valence-electron chi connectivity index (χ4n) is 2.56. The second kappa shape index (κ2) is 5.18. The lowest BCUT2D eigenvalue weighted by Crippen LogP contribution is -2.29. The monoisotopic (exact) mass is 312 g/mol. The summed E-state index contributed by atoms with van der Waals surface area (Å²) in [5, 5.41) is 9.13. The SMILES string of the molecule is CCC1CCCN1c1cc(C(=O)O)c(N)cc1Br. The lowest BCUT2D eigenvalue weighted by atomic mass is 10.1. The number of benzene rings is 1. The predicted molar refractivity (Wildman–Crippen MR) is 76.2 cm³/mol. The van der Waals surface area contributed by atoms with Gasteiger partial charge in [-0.05, 0) is 47.3 Å². The number of halogens is 1. The van der Waals surface area contributed by atoms with E-state index in [4.69, 9.17) is 10.8 Å². The largest absolute Gasteiger partial charge is 0.478 e. The number of carboxylic acid groups (broad SMARTS) is 1. The summed E-state index contributed by atoms with van der Waals surface area (Å²) < 4.78 is 0.866. The summed E-state index contributed by atoms with van der Waals surface area (Å²) in [7, 11) is 0. The van der Waals surface area contributed by atoms with Crippen LogP contribution in [-0.4, -0.2) is 23.7 Å². The number of carboxylic acids is 1. The van der Waals surface area contributed by atoms with Crippen LogP contribution in [0.15, 0.2) is 16.6 Å². The molecule has 18 heavy (non-hydrogen) atoms. The van der Waals surface area contributed by atoms with E-state index in [1.165, 1.54) is 0 Å². The summed E-state index contributed by atoms with van der Waals surface area (Å²) in [5.41, 5.74) is 7.14. The topological polar surface area (TPSA) is 66.6 Å². The Kier molecular flexibility index (Phi) is 3.80. The van der Waals surface area contributed by atoms with Crippen LogP contribution in [0, 0.1) is 0 Å². The number of nitrogens with zero attached hydrogens (tertiary/aromatic N) is 1. The second-order valence-corrected chi connectivity index (χ2v) is 5.45. The van der Waals surface area contributed by atoms with Crippen molar-refractivity contribution in [2.75, 3.05) is 17.2 Å². The van der Waals surface area contributed by atoms with Gasteiger partial charge in [-0.3, -0.25) is 0 Å². The van der Waals surface area contributed by atoms with E-state index >= 15 is 0 Å². The van der Waals surface area contributed by atoms with Gasteiger partial charge in [0.2, 0.25) is 0 Å². The Morgan fingerprint density at radius 2 is 2.33 bits per heavy atom. The molecule has 3 N–H and O–H groups in total. The van der Waals surface area contributed by atoms with E-state index in [1.807, 2.05) is 0 Å². The summed E-state index contributed by atoms with van der Waals surface area (Å²) in [4.78, 5) is 13.4. The summed E-state index contributed by atoms with van der Waals surface area (Å²) in [6, 6.07) is 3.85. The van der Waals surface area contributed by atoms with Crippen LogP contribution >= 0.6 is 15.9 Å². The standard InChI is InChI=1S/C13H17BrN2O2/c1-2-8-4-3-5-16(8)12-6-9(13(17)18)11(15)7-10(12)14/h6-8H,2-5,15H2,1H3,(H,17,18). The molecule has 1 aromatic rings. The first-order valence-electron chi connectivity index (χ1n) is 6.13. The highest BCUT2D eigenvalue weighted by Crippen LogP contribution is 2.36. The molecule has 0 aromatic heterocycles. The van der Waals surface area contributed by atoms with Gasteiger partial charge in [-0.15, -0.1) is 0 Å². The Balaban J connectivity index is 2.44. The van der Waals surface area contributed by atoms with Crippen LogP contribution in [0.5, 0.6) is 0 Å². The number of hydrogen-bond donors (Lipinski definition) is 2. The van der Waals surface area contributed by atoms with E-state index in [0.29, 0.717) is 11.7 Å². The van der Waals surface area contributed by atoms with Crippen molar-refractivity contribution in [2.24, 2.45) is 0 Å². The predicted octanol–water partition coefficient (Wildman–Crippen LogP) is 3.11. The van der Waals surface area contributed by atoms with E-state index in [-0.39, 0.29) is 5.56 Å². The lowest BCUT2D eigenvalue weighted by Gasteiger charge is -2.27. The molecule has 1 aliphatic rings. The number of hydrogen-bond acceptors (Lipinski definition) is 3. The van der Waals surface area contributed by atoms with Crippen molar-refractivity contribution in [1.82, 2.24) is 0 Å². The number of carbonyl (C=O) groups is 1. The van der Waals surface area contributed by atoms with Crippen LogP contribution in [0.4, 0.5) is 11.4 Å². The summed E-state index contributed by atoms with van der Waals surface area (Å²) in [6.07, 6.45) is 3.38. The molecule has 1 heterocycles. The van der Waals surface area contributed by atoms with E-state index < -0.39 is 5.97 Å². The first-order valence-corrected chi connectivity index (χ1v) is 6.92. The molecule has 1 saturated heterocycles. The number of rotatable bonds is 3. The zero-order valence-corrected chi connectivity index (χ0v) is 11.9. The van der Waals surface area contributed by atoms with Crippen molar-refractivity contribution < 1.29 is 9.90 Å². The van der Waals surface area contributed by atoms with Gasteiger partial charge >= 0.3 is 5.97 Å². The van der Waals surface area contributed by atoms with Crippen molar-refractivity contribution in [2.45, 2.75) is 32.2 Å². The lowest BCUT2D eigenvalue weighted by molar-refractivity contribution is 0.0698. The van der Waals surface area contributed by atoms with Crippen LogP contribution in [0.3, 0.4) is 0 Å². The molecule has 1 unspecified atom stereocenters. The Bertz CT molecular complexity index is 476. The van der Waals surface area contributed by atoms with Crippen LogP contribution in [0.1, 0.15) is 36.5 Å². The van der Waals surface area contributed by atoms with Gasteiger partial charge in [0.15, 0.2) is 0 Å². The van der Waals surface area contributed by atoms with Crippen molar-refractivity contribution >= 4 is 33.3 Å². The van der Waals surface area contributed by atoms with Gasteiger partial charge in [-0.1, -0.05) is 6.92 Å². The minimum atomic E-state index is -0.978. The summed E-state index contributed by atoms with van der Waals surface area (Å²) in [5.74, 6) is -0.978. The van der Waals surface area contributed by atoms with Crippen molar-refractivity contribution in [1.29, 1.82) is 0 Å². The van der Waals surface area contributed by atoms with Gasteiger partial charge in [-0.2, -0.15) is 0 Å². The van der Waals surface area contributed by atoms with E-state index in [1.54, 1.807) is 12.1 Å². The zero-order valence-electron chi connectivity index (χ0n) is 10.3. The molecule has 4 nitrogen and oxygen atoms in total. The van der Waals surface area contributed by atoms with Crippen LogP contribution in [0.2, 0.25) is 0 Å². The average Bonchev–Trinajstić information content (AvgIpc) is 2.76. The maximum Gasteiger partial charge on any atom is 0.337 e. The maximum absolute atomic E-state index is 11.1. The molecule has 0 bridgehead atoms. The Hall–Kier alpha value is -1.23. The number of nitrogens with two attached hydrogens (primary N) is 1. The van der Waals surface area contributed by atoms with Crippen molar-refractivity contribution in [3.63, 3.8) is 0 Å². The van der Waals surface area contributed by atoms with Crippen molar-refractivity contribution in [3.05, 3.63) is 22.2 Å². The fraction of sp³-hybridized carbons (Fsp3) is 0.462. The fourth-order valence-corrected chi connectivity index (χ4v) is 3.15. The molecule has 0 radical (unpaired) electrons. The highest BCUT2D eigenvalue weighted by Gasteiger charge is 2.26. The molecule has 1 fully saturated rings. The average molecular weight is 313 g/mol. The Morgan fingerprint density at radius 1 is 1.61 bits per heavy atom. The summed E-state index contributed by atoms with van der Waals surface area (Å²) in [6.45, 7) is 3.13. The highest BCUT2D eigenvalue weighted by atomic mass is 79.9. The Labute approximate surface area is 115 Å². The molecular formula is C13H17BrN2O2. The van der Waals surface area contributed by atoms with Gasteiger partial charge in [0.25, 0.3) is 0 Å². The van der Waals surface area contributed by atoms with Crippen LogP contribution in [-0.2, 0) is 0 Å². The third kappa shape index (κ3) is 2.32. The molecule has 5 heteroatoms. The molecule has 0 aliphatic carbocycles. The molecule has 1 aliphatic heterocycles. The molecule has 1 atom stereocenters. The molecule has 1 aromatic carbocycles. The summed E-state index contributed by atoms with van der Waals surface area (Å²) >= 11 is 3.48. The number of nitrogen functional groups attached to an aromatic ring is 1. The van der Waals surface area contributed by atoms with E-state index in [2.05, 4.69) is 27.8 Å². The first-order chi connectivity index (χ1) is 8.54. The van der Waals surface area contributed by atoms with E-state index in [0.717, 1.165) is 36.0 Å². The molecule has 0 spiro atoms.